The van der Waals surface area contributed by atoms with E-state index >= 15 is 0 Å². The normalized spacial score (nSPS) is 20.0. The number of amides is 3. The second-order valence-electron chi connectivity index (χ2n) is 8.29. The van der Waals surface area contributed by atoms with Crippen LogP contribution >= 0.6 is 11.6 Å². The second-order valence-corrected chi connectivity index (χ2v) is 8.70. The lowest BCUT2D eigenvalue weighted by atomic mass is 9.98. The average molecular weight is 442 g/mol. The smallest absolute Gasteiger partial charge is 0.268 e. The number of nitriles is 1. The van der Waals surface area contributed by atoms with Crippen molar-refractivity contribution in [2.45, 2.75) is 44.2 Å². The van der Waals surface area contributed by atoms with E-state index in [1.54, 1.807) is 18.2 Å². The molecule has 1 saturated carbocycles. The molecule has 2 aromatic rings. The molecule has 1 aliphatic heterocycles. The molecule has 1 aliphatic carbocycles. The van der Waals surface area contributed by atoms with E-state index in [1.165, 1.54) is 0 Å². The molecule has 0 spiro atoms. The lowest BCUT2D eigenvalue weighted by Crippen LogP contribution is -2.50. The Kier molecular flexibility index (Phi) is 6.14. The van der Waals surface area contributed by atoms with Crippen molar-refractivity contribution in [3.8, 4) is 6.07 Å². The van der Waals surface area contributed by atoms with Gasteiger partial charge in [-0.25, -0.2) is 0 Å². The number of H-pyrrole nitrogens is 1. The molecule has 2 heterocycles. The Morgan fingerprint density at radius 3 is 2.68 bits per heavy atom. The number of hydrogen-bond acceptors (Lipinski definition) is 4. The van der Waals surface area contributed by atoms with Crippen molar-refractivity contribution in [3.63, 3.8) is 0 Å². The number of benzene rings is 1. The van der Waals surface area contributed by atoms with Crippen molar-refractivity contribution in [3.05, 3.63) is 35.0 Å². The standard InChI is InChI=1S/C22H24ClN5O3/c23-16-3-1-2-13-10-18(27-19(13)16)22(31)28-17(8-12-4-5-12)21(30)26-15(11-24)9-14-6-7-25-20(14)29/h1-3,10,12,14-15,17,27H,4-9H2,(H,25,29)(H,26,30)(H,28,31)/t14-,15-,17-/m0/s1. The van der Waals surface area contributed by atoms with Gasteiger partial charge in [-0.05, 0) is 37.3 Å². The van der Waals surface area contributed by atoms with Crippen LogP contribution in [0.15, 0.2) is 24.3 Å². The topological polar surface area (TPSA) is 127 Å². The van der Waals surface area contributed by atoms with Crippen LogP contribution in [0, 0.1) is 23.2 Å². The van der Waals surface area contributed by atoms with E-state index in [0.717, 1.165) is 18.2 Å². The van der Waals surface area contributed by atoms with Crippen LogP contribution in [0.3, 0.4) is 0 Å². The van der Waals surface area contributed by atoms with Crippen molar-refractivity contribution < 1.29 is 14.4 Å². The number of nitrogens with zero attached hydrogens (tertiary/aromatic N) is 1. The Bertz CT molecular complexity index is 1060. The average Bonchev–Trinajstić information content (AvgIpc) is 3.30. The monoisotopic (exact) mass is 441 g/mol. The number of halogens is 1. The summed E-state index contributed by atoms with van der Waals surface area (Å²) in [5.41, 5.74) is 0.980. The molecule has 2 aliphatic rings. The van der Waals surface area contributed by atoms with Gasteiger partial charge in [0, 0.05) is 17.8 Å². The van der Waals surface area contributed by atoms with Gasteiger partial charge in [-0.2, -0.15) is 5.26 Å². The number of aromatic amines is 1. The van der Waals surface area contributed by atoms with Crippen LogP contribution in [0.4, 0.5) is 0 Å². The summed E-state index contributed by atoms with van der Waals surface area (Å²) in [5, 5.41) is 19.0. The molecule has 3 amide bonds. The number of carbonyl (C=O) groups is 3. The number of carbonyl (C=O) groups excluding carboxylic acids is 3. The first-order valence-electron chi connectivity index (χ1n) is 10.5. The summed E-state index contributed by atoms with van der Waals surface area (Å²) >= 11 is 6.18. The predicted octanol–water partition coefficient (Wildman–Crippen LogP) is 2.25. The maximum absolute atomic E-state index is 12.9. The van der Waals surface area contributed by atoms with Crippen LogP contribution < -0.4 is 16.0 Å². The van der Waals surface area contributed by atoms with Crippen molar-refractivity contribution >= 4 is 40.2 Å². The molecular weight excluding hydrogens is 418 g/mol. The van der Waals surface area contributed by atoms with E-state index in [0.29, 0.717) is 41.5 Å². The molecular formula is C22H24ClN5O3. The maximum Gasteiger partial charge on any atom is 0.268 e. The van der Waals surface area contributed by atoms with Gasteiger partial charge in [-0.15, -0.1) is 0 Å². The SMILES string of the molecule is N#C[C@H](C[C@@H]1CCNC1=O)NC(=O)[C@H](CC1CC1)NC(=O)c1cc2cccc(Cl)c2[nH]1. The van der Waals surface area contributed by atoms with E-state index in [-0.39, 0.29) is 18.2 Å². The zero-order valence-electron chi connectivity index (χ0n) is 16.9. The van der Waals surface area contributed by atoms with Crippen molar-refractivity contribution in [2.75, 3.05) is 6.54 Å². The summed E-state index contributed by atoms with van der Waals surface area (Å²) < 4.78 is 0. The van der Waals surface area contributed by atoms with Crippen LogP contribution in [0.25, 0.3) is 10.9 Å². The number of aromatic nitrogens is 1. The molecule has 0 unspecified atom stereocenters. The number of hydrogen-bond donors (Lipinski definition) is 4. The first-order valence-corrected chi connectivity index (χ1v) is 10.9. The Morgan fingerprint density at radius 1 is 1.23 bits per heavy atom. The molecule has 9 heteroatoms. The van der Waals surface area contributed by atoms with Crippen molar-refractivity contribution in [1.82, 2.24) is 20.9 Å². The van der Waals surface area contributed by atoms with Crippen LogP contribution in [-0.2, 0) is 9.59 Å². The van der Waals surface area contributed by atoms with Gasteiger partial charge >= 0.3 is 0 Å². The van der Waals surface area contributed by atoms with E-state index < -0.39 is 23.9 Å². The molecule has 8 nitrogen and oxygen atoms in total. The van der Waals surface area contributed by atoms with Crippen LogP contribution in [0.5, 0.6) is 0 Å². The number of fused-ring (bicyclic) bond motifs is 1. The largest absolute Gasteiger partial charge is 0.356 e. The summed E-state index contributed by atoms with van der Waals surface area (Å²) in [4.78, 5) is 40.6. The summed E-state index contributed by atoms with van der Waals surface area (Å²) in [5.74, 6) is -0.794. The molecule has 4 rings (SSSR count). The predicted molar refractivity (Wildman–Crippen MR) is 115 cm³/mol. The molecule has 162 valence electrons. The van der Waals surface area contributed by atoms with E-state index in [1.807, 2.05) is 6.07 Å². The lowest BCUT2D eigenvalue weighted by Gasteiger charge is -2.21. The number of nitrogens with one attached hydrogen (secondary N) is 4. The Labute approximate surface area is 184 Å². The fourth-order valence-electron chi connectivity index (χ4n) is 3.97. The minimum Gasteiger partial charge on any atom is -0.356 e. The highest BCUT2D eigenvalue weighted by Gasteiger charge is 2.33. The van der Waals surface area contributed by atoms with Gasteiger partial charge in [0.15, 0.2) is 0 Å². The first-order chi connectivity index (χ1) is 14.9. The lowest BCUT2D eigenvalue weighted by molar-refractivity contribution is -0.125. The number of rotatable bonds is 8. The van der Waals surface area contributed by atoms with Crippen molar-refractivity contribution in [1.29, 1.82) is 5.26 Å². The third-order valence-corrected chi connectivity index (χ3v) is 6.21. The van der Waals surface area contributed by atoms with Crippen LogP contribution in [-0.4, -0.2) is 41.3 Å². The van der Waals surface area contributed by atoms with Gasteiger partial charge < -0.3 is 20.9 Å². The minimum absolute atomic E-state index is 0.0881. The molecule has 1 saturated heterocycles. The fourth-order valence-corrected chi connectivity index (χ4v) is 4.20. The molecule has 2 fully saturated rings. The molecule has 1 aromatic heterocycles. The highest BCUT2D eigenvalue weighted by Crippen LogP contribution is 2.33. The van der Waals surface area contributed by atoms with E-state index in [2.05, 4.69) is 27.0 Å². The zero-order valence-corrected chi connectivity index (χ0v) is 17.7. The van der Waals surface area contributed by atoms with Gasteiger partial charge in [-0.3, -0.25) is 14.4 Å². The Balaban J connectivity index is 1.43. The summed E-state index contributed by atoms with van der Waals surface area (Å²) in [6, 6.07) is 7.60. The minimum atomic E-state index is -0.785. The highest BCUT2D eigenvalue weighted by atomic mass is 35.5. The molecule has 31 heavy (non-hydrogen) atoms. The summed E-state index contributed by atoms with van der Waals surface area (Å²) in [6.07, 6.45) is 3.47. The summed E-state index contributed by atoms with van der Waals surface area (Å²) in [7, 11) is 0. The van der Waals surface area contributed by atoms with E-state index in [9.17, 15) is 19.6 Å². The quantitative estimate of drug-likeness (QED) is 0.501. The van der Waals surface area contributed by atoms with Gasteiger partial charge in [0.1, 0.15) is 17.8 Å². The van der Waals surface area contributed by atoms with Gasteiger partial charge in [0.05, 0.1) is 16.6 Å². The van der Waals surface area contributed by atoms with Crippen molar-refractivity contribution in [2.24, 2.45) is 11.8 Å². The van der Waals surface area contributed by atoms with Gasteiger partial charge in [0.25, 0.3) is 5.91 Å². The maximum atomic E-state index is 12.9. The summed E-state index contributed by atoms with van der Waals surface area (Å²) in [6.45, 7) is 0.588. The Hall–Kier alpha value is -3.05. The Morgan fingerprint density at radius 2 is 2.03 bits per heavy atom. The zero-order chi connectivity index (χ0) is 22.0. The fraction of sp³-hybridized carbons (Fsp3) is 0.455. The molecule has 4 N–H and O–H groups in total. The molecule has 1 aromatic carbocycles. The highest BCUT2D eigenvalue weighted by molar-refractivity contribution is 6.35. The van der Waals surface area contributed by atoms with Crippen LogP contribution in [0.1, 0.15) is 42.6 Å². The molecule has 0 radical (unpaired) electrons. The first kappa shape index (κ1) is 21.2. The van der Waals surface area contributed by atoms with E-state index in [4.69, 9.17) is 11.6 Å². The molecule has 0 bridgehead atoms. The van der Waals surface area contributed by atoms with Gasteiger partial charge in [0.2, 0.25) is 11.8 Å². The molecule has 3 atom stereocenters. The van der Waals surface area contributed by atoms with Crippen LogP contribution in [0.2, 0.25) is 5.02 Å². The second kappa shape index (κ2) is 8.98. The number of para-hydroxylation sites is 1. The van der Waals surface area contributed by atoms with Gasteiger partial charge in [-0.1, -0.05) is 36.6 Å². The third-order valence-electron chi connectivity index (χ3n) is 5.89. The third kappa shape index (κ3) is 5.00.